The number of carbonyl (C=O) groups excluding carboxylic acids is 1. The summed E-state index contributed by atoms with van der Waals surface area (Å²) in [6.45, 7) is 4.49. The van der Waals surface area contributed by atoms with Crippen LogP contribution in [-0.2, 0) is 11.3 Å². The molecule has 8 heteroatoms. The molecule has 0 aliphatic rings. The Kier molecular flexibility index (Phi) is 6.20. The maximum Gasteiger partial charge on any atom is 0.261 e. The van der Waals surface area contributed by atoms with E-state index in [1.165, 1.54) is 25.1 Å². The summed E-state index contributed by atoms with van der Waals surface area (Å²) >= 11 is 0. The minimum Gasteiger partial charge on any atom is -0.493 e. The number of aryl methyl sites for hydroxylation is 1. The van der Waals surface area contributed by atoms with Gasteiger partial charge in [-0.3, -0.25) is 14.2 Å². The third-order valence-electron chi connectivity index (χ3n) is 3.87. The Morgan fingerprint density at radius 3 is 2.54 bits per heavy atom. The van der Waals surface area contributed by atoms with Crippen molar-refractivity contribution in [2.24, 2.45) is 5.73 Å². The van der Waals surface area contributed by atoms with Crippen LogP contribution in [0.15, 0.2) is 23.3 Å². The second-order valence-electron chi connectivity index (χ2n) is 6.84. The van der Waals surface area contributed by atoms with Gasteiger partial charge in [0.2, 0.25) is 5.91 Å². The van der Waals surface area contributed by atoms with Crippen LogP contribution in [-0.4, -0.2) is 41.8 Å². The number of hydrogen-bond donors (Lipinski definition) is 2. The Labute approximate surface area is 152 Å². The molecule has 0 unspecified atom stereocenters. The molecule has 1 aromatic heterocycles. The van der Waals surface area contributed by atoms with Crippen molar-refractivity contribution in [2.45, 2.75) is 38.8 Å². The zero-order chi connectivity index (χ0) is 19.3. The zero-order valence-corrected chi connectivity index (χ0v) is 15.7. The number of benzene rings is 1. The number of amides is 1. The predicted octanol–water partition coefficient (Wildman–Crippen LogP) is 1.05. The zero-order valence-electron chi connectivity index (χ0n) is 15.7. The van der Waals surface area contributed by atoms with Gasteiger partial charge in [0.15, 0.2) is 11.5 Å². The van der Waals surface area contributed by atoms with Crippen LogP contribution >= 0.6 is 0 Å². The predicted molar refractivity (Wildman–Crippen MR) is 99.6 cm³/mol. The van der Waals surface area contributed by atoms with E-state index in [4.69, 9.17) is 15.2 Å². The smallest absolute Gasteiger partial charge is 0.261 e. The van der Waals surface area contributed by atoms with E-state index in [0.29, 0.717) is 48.3 Å². The van der Waals surface area contributed by atoms with Crippen LogP contribution in [0, 0.1) is 0 Å². The van der Waals surface area contributed by atoms with E-state index in [1.807, 2.05) is 13.8 Å². The van der Waals surface area contributed by atoms with Gasteiger partial charge in [0.1, 0.15) is 0 Å². The fraction of sp³-hybridized carbons (Fsp3) is 0.500. The number of aromatic nitrogens is 2. The summed E-state index contributed by atoms with van der Waals surface area (Å²) in [7, 11) is 3.04. The lowest BCUT2D eigenvalue weighted by Crippen LogP contribution is -2.45. The third-order valence-corrected chi connectivity index (χ3v) is 3.87. The lowest BCUT2D eigenvalue weighted by Gasteiger charge is -2.18. The molecule has 0 aliphatic heterocycles. The van der Waals surface area contributed by atoms with Crippen LogP contribution in [0.1, 0.15) is 26.7 Å². The molecule has 0 radical (unpaired) electrons. The summed E-state index contributed by atoms with van der Waals surface area (Å²) in [4.78, 5) is 28.8. The molecule has 8 nitrogen and oxygen atoms in total. The summed E-state index contributed by atoms with van der Waals surface area (Å²) in [6.07, 6.45) is 2.32. The number of ether oxygens (including phenoxy) is 2. The molecule has 26 heavy (non-hydrogen) atoms. The van der Waals surface area contributed by atoms with Crippen molar-refractivity contribution < 1.29 is 14.3 Å². The second-order valence-corrected chi connectivity index (χ2v) is 6.84. The highest BCUT2D eigenvalue weighted by Gasteiger charge is 2.13. The van der Waals surface area contributed by atoms with Crippen LogP contribution in [0.25, 0.3) is 10.9 Å². The van der Waals surface area contributed by atoms with Crippen LogP contribution in [0.2, 0.25) is 0 Å². The number of fused-ring (bicyclic) bond motifs is 1. The first kappa shape index (κ1) is 19.7. The molecule has 0 saturated heterocycles. The lowest BCUT2D eigenvalue weighted by atomic mass is 10.1. The molecule has 2 rings (SSSR count). The van der Waals surface area contributed by atoms with Crippen LogP contribution in [0.3, 0.4) is 0 Å². The maximum absolute atomic E-state index is 12.6. The van der Waals surface area contributed by atoms with Gasteiger partial charge in [0.05, 0.1) is 31.4 Å². The number of nitrogens with zero attached hydrogens (tertiary/aromatic N) is 2. The van der Waals surface area contributed by atoms with Crippen molar-refractivity contribution in [3.8, 4) is 11.5 Å². The number of carbonyl (C=O) groups is 1. The number of methoxy groups -OCH3 is 2. The minimum atomic E-state index is -0.449. The Morgan fingerprint density at radius 1 is 1.27 bits per heavy atom. The molecule has 0 spiro atoms. The first-order valence-electron chi connectivity index (χ1n) is 8.42. The maximum atomic E-state index is 12.6. The van der Waals surface area contributed by atoms with E-state index >= 15 is 0 Å². The SMILES string of the molecule is COc1cc2ncn(CCCC(=O)NCC(C)(C)N)c(=O)c2cc1OC. The molecule has 3 N–H and O–H groups in total. The van der Waals surface area contributed by atoms with Gasteiger partial charge in [-0.15, -0.1) is 0 Å². The molecule has 0 atom stereocenters. The standard InChI is InChI=1S/C18H26N4O4/c1-18(2,19)10-20-16(23)6-5-7-22-11-21-13-9-15(26-4)14(25-3)8-12(13)17(22)24/h8-9,11H,5-7,10,19H2,1-4H3,(H,20,23). The van der Waals surface area contributed by atoms with Gasteiger partial charge in [-0.25, -0.2) is 4.98 Å². The van der Waals surface area contributed by atoms with E-state index in [9.17, 15) is 9.59 Å². The highest BCUT2D eigenvalue weighted by atomic mass is 16.5. The fourth-order valence-corrected chi connectivity index (χ4v) is 2.47. The van der Waals surface area contributed by atoms with Crippen molar-refractivity contribution >= 4 is 16.8 Å². The number of nitrogens with one attached hydrogen (secondary N) is 1. The molecule has 0 saturated carbocycles. The second kappa shape index (κ2) is 8.18. The van der Waals surface area contributed by atoms with E-state index < -0.39 is 5.54 Å². The topological polar surface area (TPSA) is 108 Å². The molecule has 0 bridgehead atoms. The normalized spacial score (nSPS) is 11.4. The molecule has 2 aromatic rings. The van der Waals surface area contributed by atoms with Gasteiger partial charge in [-0.2, -0.15) is 0 Å². The monoisotopic (exact) mass is 362 g/mol. The van der Waals surface area contributed by atoms with E-state index in [2.05, 4.69) is 10.3 Å². The van der Waals surface area contributed by atoms with Crippen LogP contribution in [0.5, 0.6) is 11.5 Å². The summed E-state index contributed by atoms with van der Waals surface area (Å²) in [5, 5.41) is 3.23. The van der Waals surface area contributed by atoms with Crippen molar-refractivity contribution in [2.75, 3.05) is 20.8 Å². The molecule has 142 valence electrons. The molecule has 0 fully saturated rings. The van der Waals surface area contributed by atoms with Gasteiger partial charge in [-0.05, 0) is 26.3 Å². The summed E-state index contributed by atoms with van der Waals surface area (Å²) in [5.74, 6) is 0.904. The van der Waals surface area contributed by atoms with Gasteiger partial charge < -0.3 is 20.5 Å². The van der Waals surface area contributed by atoms with Gasteiger partial charge in [0.25, 0.3) is 5.56 Å². The van der Waals surface area contributed by atoms with Crippen molar-refractivity contribution in [1.82, 2.24) is 14.9 Å². The summed E-state index contributed by atoms with van der Waals surface area (Å²) in [5.41, 5.74) is 5.74. The van der Waals surface area contributed by atoms with Crippen molar-refractivity contribution in [3.05, 3.63) is 28.8 Å². The van der Waals surface area contributed by atoms with E-state index in [-0.39, 0.29) is 11.5 Å². The Morgan fingerprint density at radius 2 is 1.92 bits per heavy atom. The average Bonchev–Trinajstić information content (AvgIpc) is 2.60. The minimum absolute atomic E-state index is 0.0864. The van der Waals surface area contributed by atoms with E-state index in [1.54, 1.807) is 12.1 Å². The number of rotatable bonds is 8. The summed E-state index contributed by atoms with van der Waals surface area (Å²) in [6, 6.07) is 3.29. The third kappa shape index (κ3) is 4.95. The highest BCUT2D eigenvalue weighted by molar-refractivity contribution is 5.81. The molecule has 1 heterocycles. The molecule has 1 amide bonds. The van der Waals surface area contributed by atoms with Gasteiger partial charge >= 0.3 is 0 Å². The molecule has 0 aliphatic carbocycles. The number of nitrogens with two attached hydrogens (primary N) is 1. The average molecular weight is 362 g/mol. The van der Waals surface area contributed by atoms with Crippen LogP contribution in [0.4, 0.5) is 0 Å². The lowest BCUT2D eigenvalue weighted by molar-refractivity contribution is -0.121. The van der Waals surface area contributed by atoms with Crippen LogP contribution < -0.4 is 26.1 Å². The summed E-state index contributed by atoms with van der Waals surface area (Å²) < 4.78 is 12.0. The Balaban J connectivity index is 2.07. The molecule has 1 aromatic carbocycles. The Hall–Kier alpha value is -2.61. The first-order chi connectivity index (χ1) is 12.2. The van der Waals surface area contributed by atoms with Crippen molar-refractivity contribution in [1.29, 1.82) is 0 Å². The van der Waals surface area contributed by atoms with Gasteiger partial charge in [-0.1, -0.05) is 0 Å². The Bertz CT molecular complexity index is 839. The van der Waals surface area contributed by atoms with Gasteiger partial charge in [0, 0.05) is 31.1 Å². The molecular formula is C18H26N4O4. The van der Waals surface area contributed by atoms with Crippen molar-refractivity contribution in [3.63, 3.8) is 0 Å². The fourth-order valence-electron chi connectivity index (χ4n) is 2.47. The number of hydrogen-bond acceptors (Lipinski definition) is 6. The van der Waals surface area contributed by atoms with E-state index in [0.717, 1.165) is 0 Å². The molecular weight excluding hydrogens is 336 g/mol. The quantitative estimate of drug-likeness (QED) is 0.726. The first-order valence-corrected chi connectivity index (χ1v) is 8.42. The highest BCUT2D eigenvalue weighted by Crippen LogP contribution is 2.29. The largest absolute Gasteiger partial charge is 0.493 e.